The number of alkyl halides is 2. The molecule has 0 bridgehead atoms. The van der Waals surface area contributed by atoms with Crippen molar-refractivity contribution in [3.8, 4) is 0 Å². The molecule has 0 aliphatic rings. The molecule has 1 unspecified atom stereocenters. The monoisotopic (exact) mass is 245 g/mol. The Labute approximate surface area is 93.1 Å². The van der Waals surface area contributed by atoms with Crippen molar-refractivity contribution in [3.05, 3.63) is 22.6 Å². The zero-order valence-electron chi connectivity index (χ0n) is 8.47. The second-order valence-electron chi connectivity index (χ2n) is 3.30. The molecule has 9 heteroatoms. The Morgan fingerprint density at radius 3 is 3.00 bits per heavy atom. The lowest BCUT2D eigenvalue weighted by Gasteiger charge is -2.10. The smallest absolute Gasteiger partial charge is 0.364 e. The van der Waals surface area contributed by atoms with Crippen molar-refractivity contribution in [2.75, 3.05) is 11.9 Å². The highest BCUT2D eigenvalue weighted by Crippen LogP contribution is 2.05. The maximum absolute atomic E-state index is 12.0. The number of hydrogen-bond donors (Lipinski definition) is 3. The minimum Gasteiger partial charge on any atom is -0.385 e. The maximum atomic E-state index is 12.0. The predicted octanol–water partition coefficient (Wildman–Crippen LogP) is -0.545. The molecule has 2 rings (SSSR count). The van der Waals surface area contributed by atoms with Gasteiger partial charge < -0.3 is 10.4 Å². The summed E-state index contributed by atoms with van der Waals surface area (Å²) in [5, 5.41) is 21.0. The van der Waals surface area contributed by atoms with Crippen LogP contribution in [0, 0.1) is 0 Å². The summed E-state index contributed by atoms with van der Waals surface area (Å²) in [6.07, 6.45) is -4.61. The van der Waals surface area contributed by atoms with Gasteiger partial charge in [-0.1, -0.05) is 0 Å². The van der Waals surface area contributed by atoms with E-state index >= 15 is 0 Å². The van der Waals surface area contributed by atoms with Crippen molar-refractivity contribution < 1.29 is 13.9 Å². The molecule has 0 aliphatic heterocycles. The van der Waals surface area contributed by atoms with Crippen molar-refractivity contribution in [1.82, 2.24) is 19.8 Å². The average Bonchev–Trinajstić information content (AvgIpc) is 2.68. The first-order valence-electron chi connectivity index (χ1n) is 4.72. The summed E-state index contributed by atoms with van der Waals surface area (Å²) in [5.74, 6) is 0.195. The van der Waals surface area contributed by atoms with Crippen LogP contribution in [0.2, 0.25) is 0 Å². The molecule has 0 amide bonds. The largest absolute Gasteiger partial charge is 0.385 e. The van der Waals surface area contributed by atoms with Gasteiger partial charge in [-0.2, -0.15) is 9.61 Å². The van der Waals surface area contributed by atoms with Crippen LogP contribution in [0.3, 0.4) is 0 Å². The summed E-state index contributed by atoms with van der Waals surface area (Å²) in [6, 6.07) is 2.95. The van der Waals surface area contributed by atoms with Gasteiger partial charge in [0, 0.05) is 6.54 Å². The summed E-state index contributed by atoms with van der Waals surface area (Å²) in [7, 11) is 0. The molecule has 0 saturated heterocycles. The Bertz CT molecular complexity index is 566. The molecular weight excluding hydrogens is 236 g/mol. The Morgan fingerprint density at radius 2 is 2.29 bits per heavy atom. The van der Waals surface area contributed by atoms with Crippen molar-refractivity contribution in [1.29, 1.82) is 0 Å². The molecule has 0 radical (unpaired) electrons. The SMILES string of the molecule is O=c1[nH]nc2ccc(NCC(O)C(F)F)nn12. The number of H-pyrrole nitrogens is 1. The van der Waals surface area contributed by atoms with E-state index in [4.69, 9.17) is 5.11 Å². The molecule has 17 heavy (non-hydrogen) atoms. The fourth-order valence-electron chi connectivity index (χ4n) is 1.20. The van der Waals surface area contributed by atoms with Gasteiger partial charge in [0.15, 0.2) is 5.65 Å². The Morgan fingerprint density at radius 1 is 1.53 bits per heavy atom. The predicted molar refractivity (Wildman–Crippen MR) is 54.1 cm³/mol. The number of nitrogens with zero attached hydrogens (tertiary/aromatic N) is 3. The van der Waals surface area contributed by atoms with E-state index in [1.54, 1.807) is 0 Å². The lowest BCUT2D eigenvalue weighted by Crippen LogP contribution is -2.27. The van der Waals surface area contributed by atoms with Crippen molar-refractivity contribution >= 4 is 11.5 Å². The van der Waals surface area contributed by atoms with E-state index in [0.717, 1.165) is 4.52 Å². The third-order valence-corrected chi connectivity index (χ3v) is 2.06. The van der Waals surface area contributed by atoms with Gasteiger partial charge in [0.1, 0.15) is 11.9 Å². The second kappa shape index (κ2) is 4.45. The van der Waals surface area contributed by atoms with Gasteiger partial charge in [0.2, 0.25) is 0 Å². The molecule has 0 aromatic carbocycles. The number of fused-ring (bicyclic) bond motifs is 1. The average molecular weight is 245 g/mol. The van der Waals surface area contributed by atoms with E-state index in [1.807, 2.05) is 0 Å². The van der Waals surface area contributed by atoms with Crippen molar-refractivity contribution in [2.24, 2.45) is 0 Å². The first kappa shape index (κ1) is 11.5. The van der Waals surface area contributed by atoms with Gasteiger partial charge in [-0.25, -0.2) is 18.7 Å². The standard InChI is InChI=1S/C8H9F2N5O2/c9-7(10)4(16)3-11-5-1-2-6-12-13-8(17)15(6)14-5/h1-2,4,7,16H,3H2,(H,11,14)(H,13,17). The van der Waals surface area contributed by atoms with Gasteiger partial charge in [-0.3, -0.25) is 0 Å². The molecule has 0 spiro atoms. The van der Waals surface area contributed by atoms with E-state index in [9.17, 15) is 13.6 Å². The number of rotatable bonds is 4. The summed E-state index contributed by atoms with van der Waals surface area (Å²) in [5.41, 5.74) is -0.215. The number of hydrogen-bond acceptors (Lipinski definition) is 5. The van der Waals surface area contributed by atoms with Crippen LogP contribution in [0.25, 0.3) is 5.65 Å². The van der Waals surface area contributed by atoms with Gasteiger partial charge in [0.25, 0.3) is 6.43 Å². The van der Waals surface area contributed by atoms with Crippen LogP contribution in [0.1, 0.15) is 0 Å². The summed E-state index contributed by atoms with van der Waals surface area (Å²) < 4.78 is 25.0. The topological polar surface area (TPSA) is 95.3 Å². The molecule has 0 fully saturated rings. The van der Waals surface area contributed by atoms with Gasteiger partial charge in [0.05, 0.1) is 0 Å². The third-order valence-electron chi connectivity index (χ3n) is 2.06. The van der Waals surface area contributed by atoms with E-state index in [1.165, 1.54) is 12.1 Å². The zero-order chi connectivity index (χ0) is 12.4. The molecule has 3 N–H and O–H groups in total. The second-order valence-corrected chi connectivity index (χ2v) is 3.30. The Hall–Kier alpha value is -2.03. The van der Waals surface area contributed by atoms with E-state index in [-0.39, 0.29) is 12.4 Å². The first-order chi connectivity index (χ1) is 8.08. The zero-order valence-corrected chi connectivity index (χ0v) is 8.47. The third kappa shape index (κ3) is 2.38. The highest BCUT2D eigenvalue weighted by Gasteiger charge is 2.16. The number of aromatic nitrogens is 4. The van der Waals surface area contributed by atoms with Crippen LogP contribution in [0.4, 0.5) is 14.6 Å². The lowest BCUT2D eigenvalue weighted by atomic mass is 10.3. The van der Waals surface area contributed by atoms with E-state index in [2.05, 4.69) is 20.6 Å². The Balaban J connectivity index is 2.14. The maximum Gasteiger partial charge on any atom is 0.364 e. The van der Waals surface area contributed by atoms with Crippen molar-refractivity contribution in [3.63, 3.8) is 0 Å². The molecule has 2 aromatic heterocycles. The van der Waals surface area contributed by atoms with Crippen molar-refractivity contribution in [2.45, 2.75) is 12.5 Å². The fraction of sp³-hybridized carbons (Fsp3) is 0.375. The molecule has 2 aromatic rings. The molecule has 92 valence electrons. The molecule has 1 atom stereocenters. The quantitative estimate of drug-likeness (QED) is 0.672. The van der Waals surface area contributed by atoms with Crippen LogP contribution in [-0.4, -0.2) is 44.0 Å². The highest BCUT2D eigenvalue weighted by molar-refractivity contribution is 5.42. The highest BCUT2D eigenvalue weighted by atomic mass is 19.3. The van der Waals surface area contributed by atoms with Crippen LogP contribution < -0.4 is 11.0 Å². The summed E-state index contributed by atoms with van der Waals surface area (Å²) in [6.45, 7) is -0.358. The molecule has 2 heterocycles. The van der Waals surface area contributed by atoms with Crippen LogP contribution in [0.5, 0.6) is 0 Å². The van der Waals surface area contributed by atoms with Crippen LogP contribution in [0.15, 0.2) is 16.9 Å². The first-order valence-corrected chi connectivity index (χ1v) is 4.72. The normalized spacial score (nSPS) is 13.2. The number of halogens is 2. The molecule has 0 saturated carbocycles. The van der Waals surface area contributed by atoms with Crippen LogP contribution in [-0.2, 0) is 0 Å². The molecule has 0 aliphatic carbocycles. The number of aliphatic hydroxyl groups is 1. The van der Waals surface area contributed by atoms with Gasteiger partial charge >= 0.3 is 5.69 Å². The fourth-order valence-corrected chi connectivity index (χ4v) is 1.20. The van der Waals surface area contributed by atoms with Gasteiger partial charge in [-0.05, 0) is 12.1 Å². The van der Waals surface area contributed by atoms with Crippen LogP contribution >= 0.6 is 0 Å². The Kier molecular flexibility index (Phi) is 3.00. The van der Waals surface area contributed by atoms with E-state index in [0.29, 0.717) is 5.65 Å². The number of nitrogens with one attached hydrogen (secondary N) is 2. The minimum atomic E-state index is -2.83. The number of anilines is 1. The summed E-state index contributed by atoms with van der Waals surface area (Å²) >= 11 is 0. The van der Waals surface area contributed by atoms with Gasteiger partial charge in [-0.15, -0.1) is 5.10 Å². The lowest BCUT2D eigenvalue weighted by molar-refractivity contribution is 0.00380. The minimum absolute atomic E-state index is 0.195. The summed E-state index contributed by atoms with van der Waals surface area (Å²) in [4.78, 5) is 11.2. The number of aromatic amines is 1. The molecular formula is C8H9F2N5O2. The molecule has 7 nitrogen and oxygen atoms in total. The van der Waals surface area contributed by atoms with E-state index < -0.39 is 18.2 Å². The number of aliphatic hydroxyl groups excluding tert-OH is 1.